The van der Waals surface area contributed by atoms with Crippen LogP contribution in [0.3, 0.4) is 0 Å². The number of aromatic nitrogens is 2. The molecule has 1 N–H and O–H groups in total. The zero-order valence-electron chi connectivity index (χ0n) is 13.9. The summed E-state index contributed by atoms with van der Waals surface area (Å²) >= 11 is 0. The third-order valence-electron chi connectivity index (χ3n) is 4.48. The Hall–Kier alpha value is -3.01. The summed E-state index contributed by atoms with van der Waals surface area (Å²) in [5, 5.41) is 12.6. The maximum absolute atomic E-state index is 12.2. The second-order valence-corrected chi connectivity index (χ2v) is 6.10. The summed E-state index contributed by atoms with van der Waals surface area (Å²) in [6, 6.07) is 10.0. The Morgan fingerprint density at radius 1 is 1.17 bits per heavy atom. The summed E-state index contributed by atoms with van der Waals surface area (Å²) in [4.78, 5) is 26.5. The van der Waals surface area contributed by atoms with Gasteiger partial charge in [-0.05, 0) is 18.1 Å². The molecule has 3 rings (SSSR count). The van der Waals surface area contributed by atoms with E-state index in [-0.39, 0.29) is 17.4 Å². The maximum atomic E-state index is 12.2. The number of fused-ring (bicyclic) bond motifs is 1. The summed E-state index contributed by atoms with van der Waals surface area (Å²) in [5.74, 6) is 0.281. The quantitative estimate of drug-likeness (QED) is 0.866. The number of nitrogens with one attached hydrogen (secondary N) is 1. The normalized spacial score (nSPS) is 16.4. The fourth-order valence-electron chi connectivity index (χ4n) is 3.22. The maximum Gasteiger partial charge on any atom is 0.332 e. The lowest BCUT2D eigenvalue weighted by atomic mass is 9.98. The third-order valence-corrected chi connectivity index (χ3v) is 4.48. The Labute approximate surface area is 139 Å². The molecule has 1 atom stereocenters. The van der Waals surface area contributed by atoms with E-state index in [4.69, 9.17) is 0 Å². The molecule has 2 heterocycles. The second-order valence-electron chi connectivity index (χ2n) is 6.10. The van der Waals surface area contributed by atoms with Gasteiger partial charge in [0.25, 0.3) is 5.56 Å². The fourth-order valence-corrected chi connectivity index (χ4v) is 3.22. The number of para-hydroxylation sites is 1. The van der Waals surface area contributed by atoms with E-state index in [1.165, 1.54) is 22.9 Å². The molecule has 0 unspecified atom stereocenters. The number of nitriles is 1. The number of hydrogen-bond donors (Lipinski definition) is 1. The summed E-state index contributed by atoms with van der Waals surface area (Å²) in [6.07, 6.45) is 0.759. The Balaban J connectivity index is 2.01. The monoisotopic (exact) mass is 325 g/mol. The Morgan fingerprint density at radius 3 is 2.58 bits per heavy atom. The first-order valence-electron chi connectivity index (χ1n) is 7.69. The van der Waals surface area contributed by atoms with Crippen LogP contribution in [0.25, 0.3) is 0 Å². The van der Waals surface area contributed by atoms with E-state index < -0.39 is 11.2 Å². The van der Waals surface area contributed by atoms with Gasteiger partial charge in [0, 0.05) is 39.4 Å². The van der Waals surface area contributed by atoms with Gasteiger partial charge in [0.05, 0.1) is 0 Å². The molecule has 0 bridgehead atoms. The molecule has 24 heavy (non-hydrogen) atoms. The van der Waals surface area contributed by atoms with Gasteiger partial charge in [-0.1, -0.05) is 18.2 Å². The third kappa shape index (κ3) is 2.46. The number of benzene rings is 1. The number of hydrogen-bond acceptors (Lipinski definition) is 5. The van der Waals surface area contributed by atoms with E-state index in [1.807, 2.05) is 25.2 Å². The van der Waals surface area contributed by atoms with Crippen molar-refractivity contribution >= 4 is 11.5 Å². The molecule has 0 saturated heterocycles. The molecule has 2 aromatic rings. The molecule has 0 saturated carbocycles. The van der Waals surface area contributed by atoms with Crippen molar-refractivity contribution in [1.29, 1.82) is 5.26 Å². The molecule has 0 fully saturated rings. The lowest BCUT2D eigenvalue weighted by Crippen LogP contribution is -2.44. The van der Waals surface area contributed by atoms with E-state index in [2.05, 4.69) is 22.3 Å². The minimum Gasteiger partial charge on any atom is -0.372 e. The molecule has 7 heteroatoms. The van der Waals surface area contributed by atoms with E-state index in [0.29, 0.717) is 6.54 Å². The fraction of sp³-hybridized carbons (Fsp3) is 0.353. The first kappa shape index (κ1) is 15.9. The average Bonchev–Trinajstić information content (AvgIpc) is 2.58. The van der Waals surface area contributed by atoms with Crippen LogP contribution in [-0.4, -0.2) is 28.8 Å². The van der Waals surface area contributed by atoms with Crippen molar-refractivity contribution in [3.05, 3.63) is 56.2 Å². The second kappa shape index (κ2) is 5.89. The molecule has 0 radical (unpaired) electrons. The molecule has 1 aromatic carbocycles. The van der Waals surface area contributed by atoms with Crippen molar-refractivity contribution in [2.45, 2.75) is 12.5 Å². The predicted octanol–water partition coefficient (Wildman–Crippen LogP) is 0.429. The van der Waals surface area contributed by atoms with E-state index >= 15 is 0 Å². The SMILES string of the molecule is CN1C[C@H](Nc2c(C#N)c(=O)n(C)c(=O)n2C)Cc2ccccc21. The first-order chi connectivity index (χ1) is 11.4. The zero-order valence-corrected chi connectivity index (χ0v) is 13.9. The molecule has 0 spiro atoms. The van der Waals surface area contributed by atoms with E-state index in [0.717, 1.165) is 11.0 Å². The lowest BCUT2D eigenvalue weighted by molar-refractivity contribution is 0.636. The van der Waals surface area contributed by atoms with Gasteiger partial charge in [0.15, 0.2) is 5.56 Å². The molecule has 0 amide bonds. The van der Waals surface area contributed by atoms with Crippen LogP contribution in [-0.2, 0) is 20.5 Å². The number of likely N-dealkylation sites (N-methyl/N-ethyl adjacent to an activating group) is 1. The zero-order chi connectivity index (χ0) is 17.4. The van der Waals surface area contributed by atoms with Crippen LogP contribution in [0, 0.1) is 11.3 Å². The molecular formula is C17H19N5O2. The van der Waals surface area contributed by atoms with Crippen LogP contribution >= 0.6 is 0 Å². The summed E-state index contributed by atoms with van der Waals surface area (Å²) in [5.41, 5.74) is 1.30. The highest BCUT2D eigenvalue weighted by molar-refractivity contribution is 5.58. The average molecular weight is 325 g/mol. The molecule has 1 aliphatic rings. The van der Waals surface area contributed by atoms with Gasteiger partial charge in [-0.3, -0.25) is 13.9 Å². The Kier molecular flexibility index (Phi) is 3.89. The number of nitrogens with zero attached hydrogens (tertiary/aromatic N) is 4. The van der Waals surface area contributed by atoms with Crippen molar-refractivity contribution < 1.29 is 0 Å². The van der Waals surface area contributed by atoms with E-state index in [9.17, 15) is 14.9 Å². The predicted molar refractivity (Wildman–Crippen MR) is 92.5 cm³/mol. The number of rotatable bonds is 2. The van der Waals surface area contributed by atoms with Gasteiger partial charge in [0.1, 0.15) is 11.9 Å². The minimum absolute atomic E-state index is 0.00490. The topological polar surface area (TPSA) is 83.1 Å². The largest absolute Gasteiger partial charge is 0.372 e. The molecule has 124 valence electrons. The van der Waals surface area contributed by atoms with Gasteiger partial charge in [-0.15, -0.1) is 0 Å². The highest BCUT2D eigenvalue weighted by atomic mass is 16.2. The van der Waals surface area contributed by atoms with Crippen molar-refractivity contribution in [3.8, 4) is 6.07 Å². The van der Waals surface area contributed by atoms with Crippen molar-refractivity contribution in [2.24, 2.45) is 14.1 Å². The molecule has 1 aliphatic heterocycles. The Morgan fingerprint density at radius 2 is 1.88 bits per heavy atom. The van der Waals surface area contributed by atoms with Gasteiger partial charge in [-0.25, -0.2) is 4.79 Å². The van der Waals surface area contributed by atoms with Crippen molar-refractivity contribution in [2.75, 3.05) is 23.8 Å². The van der Waals surface area contributed by atoms with Gasteiger partial charge >= 0.3 is 5.69 Å². The smallest absolute Gasteiger partial charge is 0.332 e. The van der Waals surface area contributed by atoms with Crippen LogP contribution in [0.1, 0.15) is 11.1 Å². The Bertz CT molecular complexity index is 951. The summed E-state index contributed by atoms with van der Waals surface area (Å²) in [6.45, 7) is 0.714. The van der Waals surface area contributed by atoms with Crippen LogP contribution in [0.2, 0.25) is 0 Å². The minimum atomic E-state index is -0.576. The van der Waals surface area contributed by atoms with Crippen LogP contribution in [0.5, 0.6) is 0 Å². The highest BCUT2D eigenvalue weighted by Gasteiger charge is 2.24. The van der Waals surface area contributed by atoms with Crippen molar-refractivity contribution in [3.63, 3.8) is 0 Å². The molecule has 7 nitrogen and oxygen atoms in total. The van der Waals surface area contributed by atoms with E-state index in [1.54, 1.807) is 7.05 Å². The highest BCUT2D eigenvalue weighted by Crippen LogP contribution is 2.26. The molecule has 0 aliphatic carbocycles. The van der Waals surface area contributed by atoms with Gasteiger partial charge in [-0.2, -0.15) is 5.26 Å². The summed E-state index contributed by atoms with van der Waals surface area (Å²) < 4.78 is 2.27. The van der Waals surface area contributed by atoms with Crippen LogP contribution < -0.4 is 21.5 Å². The summed E-state index contributed by atoms with van der Waals surface area (Å²) in [7, 11) is 4.94. The van der Waals surface area contributed by atoms with Crippen LogP contribution in [0.4, 0.5) is 11.5 Å². The molecule has 1 aromatic heterocycles. The van der Waals surface area contributed by atoms with Crippen LogP contribution in [0.15, 0.2) is 33.9 Å². The lowest BCUT2D eigenvalue weighted by Gasteiger charge is -2.34. The molecular weight excluding hydrogens is 306 g/mol. The standard InChI is InChI=1S/C17H19N5O2/c1-20-10-12(8-11-6-4-5-7-14(11)20)19-15-13(9-18)16(23)22(3)17(24)21(15)2/h4-7,12,19H,8,10H2,1-3H3/t12-/m1/s1. The number of anilines is 2. The van der Waals surface area contributed by atoms with Gasteiger partial charge < -0.3 is 10.2 Å². The van der Waals surface area contributed by atoms with Gasteiger partial charge in [0.2, 0.25) is 0 Å². The van der Waals surface area contributed by atoms with Crippen molar-refractivity contribution in [1.82, 2.24) is 9.13 Å². The first-order valence-corrected chi connectivity index (χ1v) is 7.69.